The van der Waals surface area contributed by atoms with Gasteiger partial charge in [0, 0.05) is 40.8 Å². The Labute approximate surface area is 181 Å². The molecule has 1 aromatic carbocycles. The van der Waals surface area contributed by atoms with E-state index in [0.29, 0.717) is 5.56 Å². The van der Waals surface area contributed by atoms with Crippen molar-refractivity contribution in [3.05, 3.63) is 46.5 Å². The molecule has 0 saturated heterocycles. The third kappa shape index (κ3) is 4.30. The standard InChI is InChI=1S/C19H16F7N3O3S/c1-9-6-28-16(30)15-14(9)12(7-27-15)11-5-10(33(2,31)32)3-4-13(11)29-8-17(20,21)18(22,23)19(24,25)26/h3-7,27,29H,8H2,1-2H3,(H,28,30). The lowest BCUT2D eigenvalue weighted by molar-refractivity contribution is -0.350. The van der Waals surface area contributed by atoms with Crippen LogP contribution in [0, 0.1) is 6.92 Å². The summed E-state index contributed by atoms with van der Waals surface area (Å²) in [5.74, 6) is -11.8. The first-order valence-corrected chi connectivity index (χ1v) is 11.0. The predicted molar refractivity (Wildman–Crippen MR) is 107 cm³/mol. The Balaban J connectivity index is 2.16. The first-order chi connectivity index (χ1) is 15.0. The highest BCUT2D eigenvalue weighted by molar-refractivity contribution is 7.90. The van der Waals surface area contributed by atoms with Gasteiger partial charge in [-0.2, -0.15) is 30.7 Å². The lowest BCUT2D eigenvalue weighted by Crippen LogP contribution is -2.55. The Morgan fingerprint density at radius 3 is 2.18 bits per heavy atom. The molecule has 2 aromatic heterocycles. The first kappa shape index (κ1) is 24.6. The van der Waals surface area contributed by atoms with Gasteiger partial charge in [-0.05, 0) is 30.7 Å². The zero-order valence-electron chi connectivity index (χ0n) is 16.9. The molecule has 14 heteroatoms. The molecule has 6 nitrogen and oxygen atoms in total. The average molecular weight is 499 g/mol. The van der Waals surface area contributed by atoms with Gasteiger partial charge in [-0.15, -0.1) is 0 Å². The minimum Gasteiger partial charge on any atom is -0.378 e. The molecule has 0 unspecified atom stereocenters. The van der Waals surface area contributed by atoms with Gasteiger partial charge in [-0.1, -0.05) is 0 Å². The van der Waals surface area contributed by atoms with Gasteiger partial charge in [0.05, 0.1) is 11.4 Å². The van der Waals surface area contributed by atoms with Crippen LogP contribution in [-0.4, -0.2) is 49.2 Å². The van der Waals surface area contributed by atoms with Crippen LogP contribution in [0.4, 0.5) is 36.4 Å². The first-order valence-electron chi connectivity index (χ1n) is 9.07. The van der Waals surface area contributed by atoms with E-state index >= 15 is 0 Å². The largest absolute Gasteiger partial charge is 0.459 e. The van der Waals surface area contributed by atoms with E-state index in [4.69, 9.17) is 0 Å². The second-order valence-corrected chi connectivity index (χ2v) is 9.38. The van der Waals surface area contributed by atoms with Gasteiger partial charge >= 0.3 is 18.0 Å². The monoisotopic (exact) mass is 499 g/mol. The summed E-state index contributed by atoms with van der Waals surface area (Å²) in [7, 11) is -3.81. The van der Waals surface area contributed by atoms with Crippen LogP contribution in [0.3, 0.4) is 0 Å². The number of aromatic amines is 2. The molecule has 0 aliphatic rings. The number of hydrogen-bond donors (Lipinski definition) is 3. The highest BCUT2D eigenvalue weighted by Crippen LogP contribution is 2.47. The van der Waals surface area contributed by atoms with Crippen LogP contribution < -0.4 is 10.9 Å². The average Bonchev–Trinajstić information content (AvgIpc) is 3.14. The highest BCUT2D eigenvalue weighted by Gasteiger charge is 2.72. The van der Waals surface area contributed by atoms with Gasteiger partial charge in [0.2, 0.25) is 0 Å². The van der Waals surface area contributed by atoms with Crippen LogP contribution in [0.15, 0.2) is 40.3 Å². The van der Waals surface area contributed by atoms with Crippen molar-refractivity contribution in [2.24, 2.45) is 0 Å². The number of fused-ring (bicyclic) bond motifs is 1. The SMILES string of the molecule is Cc1c[nH]c(=O)c2[nH]cc(-c3cc(S(C)(=O)=O)ccc3NCC(F)(F)C(F)(F)C(F)(F)F)c12. The molecule has 3 N–H and O–H groups in total. The molecular weight excluding hydrogens is 483 g/mol. The number of anilines is 1. The molecule has 33 heavy (non-hydrogen) atoms. The number of halogens is 7. The van der Waals surface area contributed by atoms with Crippen molar-refractivity contribution < 1.29 is 39.2 Å². The summed E-state index contributed by atoms with van der Waals surface area (Å²) in [5, 5.41) is 2.15. The number of aryl methyl sites for hydroxylation is 1. The van der Waals surface area contributed by atoms with Gasteiger partial charge in [0.1, 0.15) is 5.52 Å². The molecule has 0 amide bonds. The zero-order chi connectivity index (χ0) is 25.0. The Kier molecular flexibility index (Phi) is 5.80. The van der Waals surface area contributed by atoms with Crippen molar-refractivity contribution in [1.82, 2.24) is 9.97 Å². The molecular formula is C19H16F7N3O3S. The maximum Gasteiger partial charge on any atom is 0.459 e. The summed E-state index contributed by atoms with van der Waals surface area (Å²) < 4.78 is 115. The molecule has 0 aliphatic heterocycles. The fraction of sp³-hybridized carbons (Fsp3) is 0.316. The molecule has 0 radical (unpaired) electrons. The highest BCUT2D eigenvalue weighted by atomic mass is 32.2. The van der Waals surface area contributed by atoms with E-state index < -0.39 is 40.0 Å². The van der Waals surface area contributed by atoms with E-state index in [1.807, 2.05) is 5.32 Å². The minimum atomic E-state index is -6.49. The normalized spacial score (nSPS) is 13.5. The molecule has 3 rings (SSSR count). The smallest absolute Gasteiger partial charge is 0.378 e. The molecule has 0 fully saturated rings. The molecule has 3 aromatic rings. The summed E-state index contributed by atoms with van der Waals surface area (Å²) in [6.45, 7) is -0.520. The van der Waals surface area contributed by atoms with Crippen molar-refractivity contribution in [2.45, 2.75) is 29.8 Å². The van der Waals surface area contributed by atoms with Gasteiger partial charge in [0.25, 0.3) is 5.56 Å². The number of pyridine rings is 1. The molecule has 0 saturated carbocycles. The summed E-state index contributed by atoms with van der Waals surface area (Å²) in [6.07, 6.45) is -3.02. The minimum absolute atomic E-state index is 0.0645. The molecule has 180 valence electrons. The van der Waals surface area contributed by atoms with Crippen molar-refractivity contribution in [2.75, 3.05) is 18.1 Å². The fourth-order valence-electron chi connectivity index (χ4n) is 3.20. The van der Waals surface area contributed by atoms with Gasteiger partial charge in [0.15, 0.2) is 9.84 Å². The van der Waals surface area contributed by atoms with Gasteiger partial charge in [-0.25, -0.2) is 8.42 Å². The Morgan fingerprint density at radius 2 is 1.61 bits per heavy atom. The molecule has 0 bridgehead atoms. The van der Waals surface area contributed by atoms with Crippen molar-refractivity contribution in [3.63, 3.8) is 0 Å². The van der Waals surface area contributed by atoms with Crippen molar-refractivity contribution in [1.29, 1.82) is 0 Å². The Bertz CT molecular complexity index is 1380. The number of alkyl halides is 7. The Morgan fingerprint density at radius 1 is 0.970 bits per heavy atom. The maximum absolute atomic E-state index is 13.8. The van der Waals surface area contributed by atoms with E-state index in [0.717, 1.165) is 24.5 Å². The fourth-order valence-corrected chi connectivity index (χ4v) is 3.85. The number of aromatic nitrogens is 2. The van der Waals surface area contributed by atoms with Crippen molar-refractivity contribution in [3.8, 4) is 11.1 Å². The summed E-state index contributed by atoms with van der Waals surface area (Å²) in [6, 6.07) is 2.99. The van der Waals surface area contributed by atoms with Crippen molar-refractivity contribution >= 4 is 26.4 Å². The maximum atomic E-state index is 13.8. The summed E-state index contributed by atoms with van der Waals surface area (Å²) in [4.78, 5) is 16.9. The molecule has 0 atom stereocenters. The van der Waals surface area contributed by atoms with Crippen LogP contribution in [0.1, 0.15) is 5.56 Å². The van der Waals surface area contributed by atoms with Crippen LogP contribution in [-0.2, 0) is 9.84 Å². The third-order valence-corrected chi connectivity index (χ3v) is 6.06. The number of sulfone groups is 1. The van der Waals surface area contributed by atoms with Crippen LogP contribution in [0.25, 0.3) is 22.0 Å². The number of benzene rings is 1. The lowest BCUT2D eigenvalue weighted by atomic mass is 10.0. The number of rotatable bonds is 6. The Hall–Kier alpha value is -3.03. The second-order valence-electron chi connectivity index (χ2n) is 7.36. The van der Waals surface area contributed by atoms with Gasteiger partial charge < -0.3 is 15.3 Å². The predicted octanol–water partition coefficient (Wildman–Crippen LogP) is 4.48. The lowest BCUT2D eigenvalue weighted by Gasteiger charge is -2.28. The van der Waals surface area contributed by atoms with E-state index in [1.165, 1.54) is 12.4 Å². The van der Waals surface area contributed by atoms with E-state index in [2.05, 4.69) is 9.97 Å². The second kappa shape index (κ2) is 7.78. The molecule has 0 aliphatic carbocycles. The number of nitrogens with one attached hydrogen (secondary N) is 3. The van der Waals surface area contributed by atoms with Gasteiger partial charge in [-0.3, -0.25) is 4.79 Å². The van der Waals surface area contributed by atoms with E-state index in [-0.39, 0.29) is 32.6 Å². The quantitative estimate of drug-likeness (QED) is 0.436. The number of H-pyrrole nitrogens is 2. The number of hydrogen-bond acceptors (Lipinski definition) is 4. The van der Waals surface area contributed by atoms with Crippen LogP contribution in [0.2, 0.25) is 0 Å². The third-order valence-electron chi connectivity index (χ3n) is 4.95. The summed E-state index contributed by atoms with van der Waals surface area (Å²) >= 11 is 0. The van der Waals surface area contributed by atoms with E-state index in [1.54, 1.807) is 6.92 Å². The van der Waals surface area contributed by atoms with Crippen LogP contribution >= 0.6 is 0 Å². The zero-order valence-corrected chi connectivity index (χ0v) is 17.7. The van der Waals surface area contributed by atoms with E-state index in [9.17, 15) is 43.9 Å². The molecule has 0 spiro atoms. The van der Waals surface area contributed by atoms with Crippen LogP contribution in [0.5, 0.6) is 0 Å². The topological polar surface area (TPSA) is 94.8 Å². The summed E-state index contributed by atoms with van der Waals surface area (Å²) in [5.41, 5.74) is -0.302. The molecule has 2 heterocycles.